The summed E-state index contributed by atoms with van der Waals surface area (Å²) in [4.78, 5) is 2.56. The lowest BCUT2D eigenvalue weighted by Crippen LogP contribution is -2.49. The van der Waals surface area contributed by atoms with Crippen molar-refractivity contribution in [2.24, 2.45) is 7.05 Å². The molecule has 0 amide bonds. The average Bonchev–Trinajstić information content (AvgIpc) is 2.87. The van der Waals surface area contributed by atoms with Crippen LogP contribution in [0.15, 0.2) is 0 Å². The molecule has 2 heterocycles. The van der Waals surface area contributed by atoms with Gasteiger partial charge in [0.05, 0.1) is 16.4 Å². The highest BCUT2D eigenvalue weighted by Crippen LogP contribution is 2.32. The summed E-state index contributed by atoms with van der Waals surface area (Å²) in [6.07, 6.45) is 6.60. The molecule has 1 aliphatic heterocycles. The first-order valence-electron chi connectivity index (χ1n) is 7.75. The molecule has 1 aromatic rings. The van der Waals surface area contributed by atoms with Crippen molar-refractivity contribution in [3.63, 3.8) is 0 Å². The molecular weight excluding hydrogens is 272 g/mol. The van der Waals surface area contributed by atoms with Crippen LogP contribution in [-0.4, -0.2) is 39.9 Å². The van der Waals surface area contributed by atoms with Crippen molar-refractivity contribution in [3.05, 3.63) is 16.4 Å². The van der Waals surface area contributed by atoms with Gasteiger partial charge in [0.25, 0.3) is 0 Å². The molecule has 2 fully saturated rings. The SMILES string of the molecule is Cc1nn(C)c(CN2CCCNC3(CCCC3)C2)c1Cl. The van der Waals surface area contributed by atoms with Crippen molar-refractivity contribution < 1.29 is 0 Å². The Morgan fingerprint density at radius 2 is 2.05 bits per heavy atom. The van der Waals surface area contributed by atoms with Crippen LogP contribution in [0.5, 0.6) is 0 Å². The third kappa shape index (κ3) is 2.74. The summed E-state index contributed by atoms with van der Waals surface area (Å²) < 4.78 is 1.94. The molecule has 1 saturated heterocycles. The van der Waals surface area contributed by atoms with Crippen molar-refractivity contribution in [1.82, 2.24) is 20.0 Å². The average molecular weight is 297 g/mol. The van der Waals surface area contributed by atoms with E-state index in [9.17, 15) is 0 Å². The minimum atomic E-state index is 0.358. The van der Waals surface area contributed by atoms with Gasteiger partial charge in [-0.3, -0.25) is 9.58 Å². The third-order valence-electron chi connectivity index (χ3n) is 4.87. The Morgan fingerprint density at radius 3 is 2.70 bits per heavy atom. The Bertz CT molecular complexity index is 476. The maximum absolute atomic E-state index is 6.40. The van der Waals surface area contributed by atoms with Gasteiger partial charge in [0.2, 0.25) is 0 Å². The number of hydrogen-bond donors (Lipinski definition) is 1. The summed E-state index contributed by atoms with van der Waals surface area (Å²) in [7, 11) is 2.00. The van der Waals surface area contributed by atoms with E-state index in [1.165, 1.54) is 32.1 Å². The van der Waals surface area contributed by atoms with E-state index in [0.29, 0.717) is 5.54 Å². The van der Waals surface area contributed by atoms with E-state index in [0.717, 1.165) is 42.6 Å². The molecule has 0 atom stereocenters. The highest BCUT2D eigenvalue weighted by Gasteiger charge is 2.36. The molecule has 1 spiro atoms. The quantitative estimate of drug-likeness (QED) is 0.910. The number of nitrogens with one attached hydrogen (secondary N) is 1. The van der Waals surface area contributed by atoms with Gasteiger partial charge in [0.15, 0.2) is 0 Å². The Morgan fingerprint density at radius 1 is 1.30 bits per heavy atom. The van der Waals surface area contributed by atoms with Crippen LogP contribution in [0.3, 0.4) is 0 Å². The predicted molar refractivity (Wildman–Crippen MR) is 82.1 cm³/mol. The summed E-state index contributed by atoms with van der Waals surface area (Å²) in [5, 5.41) is 9.08. The molecular formula is C15H25ClN4. The predicted octanol–water partition coefficient (Wildman–Crippen LogP) is 2.49. The van der Waals surface area contributed by atoms with Gasteiger partial charge >= 0.3 is 0 Å². The van der Waals surface area contributed by atoms with Crippen LogP contribution >= 0.6 is 11.6 Å². The molecule has 0 unspecified atom stereocenters. The van der Waals surface area contributed by atoms with Crippen LogP contribution in [0, 0.1) is 6.92 Å². The Balaban J connectivity index is 1.75. The van der Waals surface area contributed by atoms with Crippen LogP contribution < -0.4 is 5.32 Å². The highest BCUT2D eigenvalue weighted by molar-refractivity contribution is 6.31. The molecule has 1 aromatic heterocycles. The Hall–Kier alpha value is -0.580. The van der Waals surface area contributed by atoms with Crippen LogP contribution in [-0.2, 0) is 13.6 Å². The second-order valence-corrected chi connectivity index (χ2v) is 6.83. The molecule has 20 heavy (non-hydrogen) atoms. The maximum Gasteiger partial charge on any atom is 0.0860 e. The van der Waals surface area contributed by atoms with Gasteiger partial charge in [-0.1, -0.05) is 24.4 Å². The van der Waals surface area contributed by atoms with E-state index in [1.54, 1.807) is 0 Å². The first-order valence-corrected chi connectivity index (χ1v) is 8.13. The van der Waals surface area contributed by atoms with Crippen molar-refractivity contribution >= 4 is 11.6 Å². The first kappa shape index (κ1) is 14.4. The second kappa shape index (κ2) is 5.66. The molecule has 112 valence electrons. The monoisotopic (exact) mass is 296 g/mol. The van der Waals surface area contributed by atoms with Crippen molar-refractivity contribution in [2.45, 2.75) is 51.1 Å². The highest BCUT2D eigenvalue weighted by atomic mass is 35.5. The van der Waals surface area contributed by atoms with Gasteiger partial charge in [-0.25, -0.2) is 0 Å². The molecule has 5 heteroatoms. The lowest BCUT2D eigenvalue weighted by atomic mass is 9.97. The number of rotatable bonds is 2. The van der Waals surface area contributed by atoms with Gasteiger partial charge in [0.1, 0.15) is 0 Å². The van der Waals surface area contributed by atoms with E-state index >= 15 is 0 Å². The molecule has 0 aromatic carbocycles. The van der Waals surface area contributed by atoms with Gasteiger partial charge in [-0.05, 0) is 39.3 Å². The fourth-order valence-electron chi connectivity index (χ4n) is 3.80. The molecule has 2 aliphatic rings. The zero-order valence-corrected chi connectivity index (χ0v) is 13.3. The second-order valence-electron chi connectivity index (χ2n) is 6.45. The van der Waals surface area contributed by atoms with Crippen LogP contribution in [0.1, 0.15) is 43.5 Å². The largest absolute Gasteiger partial charge is 0.310 e. The number of hydrogen-bond acceptors (Lipinski definition) is 3. The molecule has 3 rings (SSSR count). The number of aromatic nitrogens is 2. The molecule has 1 saturated carbocycles. The minimum Gasteiger partial charge on any atom is -0.310 e. The topological polar surface area (TPSA) is 33.1 Å². The number of halogens is 1. The number of nitrogens with zero attached hydrogens (tertiary/aromatic N) is 3. The van der Waals surface area contributed by atoms with Crippen LogP contribution in [0.25, 0.3) is 0 Å². The Labute approximate surface area is 126 Å². The Kier molecular flexibility index (Phi) is 4.07. The zero-order valence-electron chi connectivity index (χ0n) is 12.6. The minimum absolute atomic E-state index is 0.358. The summed E-state index contributed by atoms with van der Waals surface area (Å²) in [5.74, 6) is 0. The van der Waals surface area contributed by atoms with Gasteiger partial charge in [-0.15, -0.1) is 0 Å². The third-order valence-corrected chi connectivity index (χ3v) is 5.36. The van der Waals surface area contributed by atoms with E-state index in [2.05, 4.69) is 15.3 Å². The fourth-order valence-corrected chi connectivity index (χ4v) is 4.02. The lowest BCUT2D eigenvalue weighted by molar-refractivity contribution is 0.199. The maximum atomic E-state index is 6.40. The number of aryl methyl sites for hydroxylation is 2. The lowest BCUT2D eigenvalue weighted by Gasteiger charge is -2.33. The first-order chi connectivity index (χ1) is 9.60. The van der Waals surface area contributed by atoms with Gasteiger partial charge < -0.3 is 5.32 Å². The van der Waals surface area contributed by atoms with Crippen molar-refractivity contribution in [1.29, 1.82) is 0 Å². The van der Waals surface area contributed by atoms with Crippen LogP contribution in [0.4, 0.5) is 0 Å². The summed E-state index contributed by atoms with van der Waals surface area (Å²) >= 11 is 6.40. The molecule has 4 nitrogen and oxygen atoms in total. The summed E-state index contributed by atoms with van der Waals surface area (Å²) in [5.41, 5.74) is 2.45. The molecule has 0 radical (unpaired) electrons. The van der Waals surface area contributed by atoms with Crippen LogP contribution in [0.2, 0.25) is 5.02 Å². The fraction of sp³-hybridized carbons (Fsp3) is 0.800. The van der Waals surface area contributed by atoms with Crippen molar-refractivity contribution in [3.8, 4) is 0 Å². The molecule has 1 aliphatic carbocycles. The molecule has 1 N–H and O–H groups in total. The van der Waals surface area contributed by atoms with Crippen molar-refractivity contribution in [2.75, 3.05) is 19.6 Å². The summed E-state index contributed by atoms with van der Waals surface area (Å²) in [6, 6.07) is 0. The van der Waals surface area contributed by atoms with E-state index < -0.39 is 0 Å². The standard InChI is InChI=1S/C15H25ClN4/c1-12-14(16)13(19(2)18-12)10-20-9-5-8-17-15(11-20)6-3-4-7-15/h17H,3-11H2,1-2H3. The van der Waals surface area contributed by atoms with E-state index in [4.69, 9.17) is 11.6 Å². The summed E-state index contributed by atoms with van der Waals surface area (Å²) in [6.45, 7) is 6.34. The normalized spacial score (nSPS) is 23.4. The van der Waals surface area contributed by atoms with E-state index in [-0.39, 0.29) is 0 Å². The molecule has 0 bridgehead atoms. The zero-order chi connectivity index (χ0) is 14.2. The van der Waals surface area contributed by atoms with Gasteiger partial charge in [0, 0.05) is 25.7 Å². The smallest absolute Gasteiger partial charge is 0.0860 e. The van der Waals surface area contributed by atoms with E-state index in [1.807, 2.05) is 18.7 Å². The van der Waals surface area contributed by atoms with Gasteiger partial charge in [-0.2, -0.15) is 5.10 Å².